The number of hydrogen-bond acceptors (Lipinski definition) is 6. The van der Waals surface area contributed by atoms with Crippen molar-refractivity contribution in [2.24, 2.45) is 0 Å². The predicted octanol–water partition coefficient (Wildman–Crippen LogP) is 6.78. The maximum atomic E-state index is 13.1. The molecule has 0 aliphatic heterocycles. The summed E-state index contributed by atoms with van der Waals surface area (Å²) in [5.74, 6) is 0.275. The van der Waals surface area contributed by atoms with Crippen LogP contribution in [-0.2, 0) is 16.0 Å². The van der Waals surface area contributed by atoms with E-state index in [1.54, 1.807) is 12.1 Å². The number of benzene rings is 2. The molecule has 3 rings (SSSR count). The maximum absolute atomic E-state index is 13.1. The highest BCUT2D eigenvalue weighted by Gasteiger charge is 2.34. The second kappa shape index (κ2) is 10.0. The van der Waals surface area contributed by atoms with Crippen LogP contribution in [0.25, 0.3) is 11.1 Å². The third-order valence-electron chi connectivity index (χ3n) is 4.42. The van der Waals surface area contributed by atoms with Crippen LogP contribution < -0.4 is 4.74 Å². The number of hydrogen-bond donors (Lipinski definition) is 0. The molecule has 2 aromatic carbocycles. The van der Waals surface area contributed by atoms with Gasteiger partial charge in [0.25, 0.3) is 0 Å². The van der Waals surface area contributed by atoms with Crippen molar-refractivity contribution >= 4 is 29.1 Å². The molecule has 0 amide bonds. The Morgan fingerprint density at radius 1 is 1.00 bits per heavy atom. The zero-order valence-electron chi connectivity index (χ0n) is 19.0. The van der Waals surface area contributed by atoms with E-state index in [9.17, 15) is 9.18 Å². The summed E-state index contributed by atoms with van der Waals surface area (Å²) in [7, 11) is 0. The molecule has 0 aliphatic rings. The Labute approximate surface area is 197 Å². The zero-order chi connectivity index (χ0) is 23.4. The lowest BCUT2D eigenvalue weighted by Crippen LogP contribution is -2.36. The standard InChI is InChI=1S/C25H28FNO3S2/c1-24(2,3)30-22(28)25(4,5)32-23-27-20(16-31-23)14-15-29-21-12-8-18(9-13-21)17-6-10-19(26)11-7-17/h6-13,16H,14-15H2,1-5H3. The highest BCUT2D eigenvalue weighted by atomic mass is 32.2. The first-order chi connectivity index (χ1) is 15.0. The first-order valence-electron chi connectivity index (χ1n) is 10.4. The summed E-state index contributed by atoms with van der Waals surface area (Å²) >= 11 is 2.93. The van der Waals surface area contributed by atoms with Gasteiger partial charge in [0.1, 0.15) is 21.9 Å². The second-order valence-electron chi connectivity index (χ2n) is 8.85. The van der Waals surface area contributed by atoms with Gasteiger partial charge in [-0.25, -0.2) is 9.37 Å². The average molecular weight is 474 g/mol. The van der Waals surface area contributed by atoms with Gasteiger partial charge in [0.2, 0.25) is 0 Å². The number of halogens is 1. The highest BCUT2D eigenvalue weighted by Crippen LogP contribution is 2.36. The Morgan fingerprint density at radius 2 is 1.59 bits per heavy atom. The number of nitrogens with zero attached hydrogens (tertiary/aromatic N) is 1. The summed E-state index contributed by atoms with van der Waals surface area (Å²) < 4.78 is 24.6. The van der Waals surface area contributed by atoms with E-state index in [1.165, 1.54) is 35.2 Å². The Hall–Kier alpha value is -2.38. The van der Waals surface area contributed by atoms with Gasteiger partial charge in [0.15, 0.2) is 4.34 Å². The van der Waals surface area contributed by atoms with Gasteiger partial charge in [-0.1, -0.05) is 36.0 Å². The average Bonchev–Trinajstić information content (AvgIpc) is 3.14. The Kier molecular flexibility index (Phi) is 7.62. The number of thioether (sulfide) groups is 1. The normalized spacial score (nSPS) is 11.9. The van der Waals surface area contributed by atoms with Crippen LogP contribution in [-0.4, -0.2) is 27.9 Å². The van der Waals surface area contributed by atoms with Crippen LogP contribution in [0.1, 0.15) is 40.3 Å². The summed E-state index contributed by atoms with van der Waals surface area (Å²) in [5.41, 5.74) is 2.38. The van der Waals surface area contributed by atoms with E-state index in [-0.39, 0.29) is 11.8 Å². The molecule has 1 heterocycles. The summed E-state index contributed by atoms with van der Waals surface area (Å²) in [6.45, 7) is 9.80. The minimum atomic E-state index is -0.717. The molecule has 0 saturated carbocycles. The Morgan fingerprint density at radius 3 is 2.19 bits per heavy atom. The Balaban J connectivity index is 1.50. The number of aromatic nitrogens is 1. The summed E-state index contributed by atoms with van der Waals surface area (Å²) in [4.78, 5) is 17.1. The van der Waals surface area contributed by atoms with Gasteiger partial charge in [-0.05, 0) is 70.0 Å². The van der Waals surface area contributed by atoms with Crippen molar-refractivity contribution in [3.05, 3.63) is 65.4 Å². The van der Waals surface area contributed by atoms with E-state index in [0.29, 0.717) is 13.0 Å². The maximum Gasteiger partial charge on any atom is 0.322 e. The van der Waals surface area contributed by atoms with Crippen LogP contribution in [0, 0.1) is 5.82 Å². The number of ether oxygens (including phenoxy) is 2. The van der Waals surface area contributed by atoms with Gasteiger partial charge in [0.05, 0.1) is 12.3 Å². The van der Waals surface area contributed by atoms with Gasteiger partial charge in [-0.3, -0.25) is 4.79 Å². The predicted molar refractivity (Wildman–Crippen MR) is 129 cm³/mol. The third kappa shape index (κ3) is 7.07. The fraction of sp³-hybridized carbons (Fsp3) is 0.360. The number of rotatable bonds is 8. The molecule has 0 atom stereocenters. The van der Waals surface area contributed by atoms with Crippen molar-refractivity contribution in [3.8, 4) is 16.9 Å². The smallest absolute Gasteiger partial charge is 0.322 e. The molecule has 0 N–H and O–H groups in total. The van der Waals surface area contributed by atoms with Crippen LogP contribution in [0.15, 0.2) is 58.3 Å². The van der Waals surface area contributed by atoms with Crippen molar-refractivity contribution in [1.29, 1.82) is 0 Å². The molecule has 7 heteroatoms. The molecule has 0 radical (unpaired) electrons. The van der Waals surface area contributed by atoms with Gasteiger partial charge in [0, 0.05) is 11.8 Å². The quantitative estimate of drug-likeness (QED) is 0.266. The lowest BCUT2D eigenvalue weighted by atomic mass is 10.1. The number of esters is 1. The molecule has 170 valence electrons. The fourth-order valence-electron chi connectivity index (χ4n) is 2.77. The number of carbonyl (C=O) groups excluding carboxylic acids is 1. The minimum absolute atomic E-state index is 0.245. The van der Waals surface area contributed by atoms with Gasteiger partial charge < -0.3 is 9.47 Å². The van der Waals surface area contributed by atoms with E-state index in [1.807, 2.05) is 64.3 Å². The largest absolute Gasteiger partial charge is 0.493 e. The van der Waals surface area contributed by atoms with E-state index in [4.69, 9.17) is 9.47 Å². The van der Waals surface area contributed by atoms with Crippen LogP contribution in [0.5, 0.6) is 5.75 Å². The first-order valence-corrected chi connectivity index (χ1v) is 12.1. The van der Waals surface area contributed by atoms with Gasteiger partial charge in [-0.15, -0.1) is 11.3 Å². The molecule has 3 aromatic rings. The highest BCUT2D eigenvalue weighted by molar-refractivity contribution is 8.03. The van der Waals surface area contributed by atoms with E-state index < -0.39 is 10.3 Å². The number of carbonyl (C=O) groups is 1. The van der Waals surface area contributed by atoms with E-state index >= 15 is 0 Å². The molecule has 0 bridgehead atoms. The molecule has 0 saturated heterocycles. The van der Waals surface area contributed by atoms with Crippen molar-refractivity contribution in [3.63, 3.8) is 0 Å². The molecule has 32 heavy (non-hydrogen) atoms. The van der Waals surface area contributed by atoms with Crippen molar-refractivity contribution < 1.29 is 18.7 Å². The lowest BCUT2D eigenvalue weighted by molar-refractivity contribution is -0.156. The van der Waals surface area contributed by atoms with Crippen molar-refractivity contribution in [2.45, 2.75) is 55.7 Å². The second-order valence-corrected chi connectivity index (χ2v) is 11.6. The molecule has 4 nitrogen and oxygen atoms in total. The SMILES string of the molecule is CC(C)(C)OC(=O)C(C)(C)Sc1nc(CCOc2ccc(-c3ccc(F)cc3)cc2)cs1. The fourth-order valence-corrected chi connectivity index (χ4v) is 5.03. The number of thiazole rings is 1. The molecular weight excluding hydrogens is 445 g/mol. The molecule has 0 fully saturated rings. The van der Waals surface area contributed by atoms with Gasteiger partial charge >= 0.3 is 5.97 Å². The minimum Gasteiger partial charge on any atom is -0.493 e. The molecular formula is C25H28FNO3S2. The van der Waals surface area contributed by atoms with Crippen LogP contribution in [0.4, 0.5) is 4.39 Å². The van der Waals surface area contributed by atoms with Crippen molar-refractivity contribution in [1.82, 2.24) is 4.98 Å². The zero-order valence-corrected chi connectivity index (χ0v) is 20.6. The van der Waals surface area contributed by atoms with Crippen LogP contribution >= 0.6 is 23.1 Å². The van der Waals surface area contributed by atoms with Crippen LogP contribution in [0.2, 0.25) is 0 Å². The van der Waals surface area contributed by atoms with Crippen LogP contribution in [0.3, 0.4) is 0 Å². The van der Waals surface area contributed by atoms with E-state index in [2.05, 4.69) is 4.98 Å². The van der Waals surface area contributed by atoms with Crippen molar-refractivity contribution in [2.75, 3.05) is 6.61 Å². The molecule has 0 unspecified atom stereocenters. The van der Waals surface area contributed by atoms with E-state index in [0.717, 1.165) is 26.9 Å². The van der Waals surface area contributed by atoms with Gasteiger partial charge in [-0.2, -0.15) is 0 Å². The molecule has 0 spiro atoms. The topological polar surface area (TPSA) is 48.4 Å². The lowest BCUT2D eigenvalue weighted by Gasteiger charge is -2.27. The summed E-state index contributed by atoms with van der Waals surface area (Å²) in [6, 6.07) is 14.1. The summed E-state index contributed by atoms with van der Waals surface area (Å²) in [6.07, 6.45) is 0.670. The first kappa shape index (κ1) is 24.3. The summed E-state index contributed by atoms with van der Waals surface area (Å²) in [5, 5.41) is 1.99. The monoisotopic (exact) mass is 473 g/mol. The Bertz CT molecular complexity index is 1040. The molecule has 0 aliphatic carbocycles. The third-order valence-corrected chi connectivity index (χ3v) is 6.59. The molecule has 1 aromatic heterocycles.